The second-order valence-electron chi connectivity index (χ2n) is 4.84. The van der Waals surface area contributed by atoms with E-state index in [1.54, 1.807) is 31.3 Å². The van der Waals surface area contributed by atoms with Gasteiger partial charge in [0, 0.05) is 23.6 Å². The summed E-state index contributed by atoms with van der Waals surface area (Å²) in [6.07, 6.45) is 0.232. The zero-order chi connectivity index (χ0) is 16.8. The molecule has 2 aromatic carbocycles. The molecule has 4 nitrogen and oxygen atoms in total. The van der Waals surface area contributed by atoms with Crippen molar-refractivity contribution in [1.29, 1.82) is 5.26 Å². The molecule has 0 radical (unpaired) electrons. The number of hydrogen-bond donors (Lipinski definition) is 0. The summed E-state index contributed by atoms with van der Waals surface area (Å²) in [5, 5.41) is 8.54. The Balaban J connectivity index is 2.12. The van der Waals surface area contributed by atoms with Crippen molar-refractivity contribution >= 4 is 21.8 Å². The van der Waals surface area contributed by atoms with Crippen molar-refractivity contribution < 1.29 is 13.9 Å². The van der Waals surface area contributed by atoms with E-state index in [0.717, 1.165) is 10.5 Å². The summed E-state index contributed by atoms with van der Waals surface area (Å²) in [7, 11) is 1.57. The molecular weight excluding hydrogens is 363 g/mol. The van der Waals surface area contributed by atoms with Crippen molar-refractivity contribution in [3.8, 4) is 17.6 Å². The average molecular weight is 377 g/mol. The third-order valence-corrected chi connectivity index (χ3v) is 3.65. The third-order valence-electron chi connectivity index (χ3n) is 3.13. The minimum Gasteiger partial charge on any atom is -0.454 e. The van der Waals surface area contributed by atoms with Gasteiger partial charge in [0.1, 0.15) is 5.75 Å². The van der Waals surface area contributed by atoms with Gasteiger partial charge in [-0.15, -0.1) is 0 Å². The summed E-state index contributed by atoms with van der Waals surface area (Å²) in [6, 6.07) is 13.0. The maximum Gasteiger partial charge on any atom is 0.253 e. The average Bonchev–Trinajstić information content (AvgIpc) is 2.55. The Kier molecular flexibility index (Phi) is 5.72. The summed E-state index contributed by atoms with van der Waals surface area (Å²) in [5.41, 5.74) is 0.214. The highest BCUT2D eigenvalue weighted by atomic mass is 79.9. The minimum atomic E-state index is -0.618. The van der Waals surface area contributed by atoms with Gasteiger partial charge in [0.25, 0.3) is 5.91 Å². The molecule has 0 saturated heterocycles. The third kappa shape index (κ3) is 4.54. The molecule has 0 aliphatic rings. The van der Waals surface area contributed by atoms with Gasteiger partial charge in [-0.1, -0.05) is 15.9 Å². The molecule has 0 aromatic heterocycles. The van der Waals surface area contributed by atoms with E-state index in [0.29, 0.717) is 12.3 Å². The number of carbonyl (C=O) groups is 1. The number of nitriles is 1. The lowest BCUT2D eigenvalue weighted by Gasteiger charge is -2.16. The Morgan fingerprint density at radius 3 is 2.61 bits per heavy atom. The van der Waals surface area contributed by atoms with Gasteiger partial charge in [0.15, 0.2) is 11.6 Å². The molecule has 0 heterocycles. The van der Waals surface area contributed by atoms with Gasteiger partial charge >= 0.3 is 0 Å². The van der Waals surface area contributed by atoms with Gasteiger partial charge in [0.05, 0.1) is 12.5 Å². The fourth-order valence-electron chi connectivity index (χ4n) is 1.89. The van der Waals surface area contributed by atoms with Crippen LogP contribution in [0.1, 0.15) is 16.8 Å². The van der Waals surface area contributed by atoms with Gasteiger partial charge in [-0.3, -0.25) is 4.79 Å². The lowest BCUT2D eigenvalue weighted by Crippen LogP contribution is -2.27. The van der Waals surface area contributed by atoms with Crippen LogP contribution in [0.25, 0.3) is 0 Å². The molecule has 0 aliphatic heterocycles. The van der Waals surface area contributed by atoms with E-state index in [-0.39, 0.29) is 23.6 Å². The van der Waals surface area contributed by atoms with E-state index >= 15 is 0 Å². The number of rotatable bonds is 5. The first-order valence-electron chi connectivity index (χ1n) is 6.86. The predicted octanol–water partition coefficient (Wildman–Crippen LogP) is 4.37. The summed E-state index contributed by atoms with van der Waals surface area (Å²) in [6.45, 7) is 0.300. The van der Waals surface area contributed by atoms with Crippen LogP contribution in [0, 0.1) is 17.1 Å². The van der Waals surface area contributed by atoms with Gasteiger partial charge in [-0.25, -0.2) is 4.39 Å². The number of halogens is 2. The SMILES string of the molecule is CN(CCC#N)C(=O)c1ccc(Oc2ccc(Br)cc2)c(F)c1. The summed E-state index contributed by atoms with van der Waals surface area (Å²) in [4.78, 5) is 13.5. The van der Waals surface area contributed by atoms with Crippen molar-refractivity contribution in [2.75, 3.05) is 13.6 Å². The van der Waals surface area contributed by atoms with Crippen LogP contribution in [-0.2, 0) is 0 Å². The van der Waals surface area contributed by atoms with Gasteiger partial charge in [0.2, 0.25) is 0 Å². The Bertz CT molecular complexity index is 741. The Hall–Kier alpha value is -2.39. The Morgan fingerprint density at radius 1 is 1.30 bits per heavy atom. The molecule has 118 valence electrons. The molecule has 0 bridgehead atoms. The normalized spacial score (nSPS) is 10.0. The largest absolute Gasteiger partial charge is 0.454 e. The highest BCUT2D eigenvalue weighted by molar-refractivity contribution is 9.10. The first-order valence-corrected chi connectivity index (χ1v) is 7.66. The second-order valence-corrected chi connectivity index (χ2v) is 5.75. The van der Waals surface area contributed by atoms with E-state index in [9.17, 15) is 9.18 Å². The molecule has 0 N–H and O–H groups in total. The maximum absolute atomic E-state index is 14.1. The van der Waals surface area contributed by atoms with E-state index in [1.807, 2.05) is 6.07 Å². The van der Waals surface area contributed by atoms with E-state index in [1.165, 1.54) is 17.0 Å². The van der Waals surface area contributed by atoms with Gasteiger partial charge < -0.3 is 9.64 Å². The van der Waals surface area contributed by atoms with Crippen LogP contribution in [0.15, 0.2) is 46.9 Å². The number of carbonyl (C=O) groups excluding carboxylic acids is 1. The Morgan fingerprint density at radius 2 is 2.00 bits per heavy atom. The number of amides is 1. The van der Waals surface area contributed by atoms with Crippen LogP contribution in [0.4, 0.5) is 4.39 Å². The highest BCUT2D eigenvalue weighted by Gasteiger charge is 2.14. The highest BCUT2D eigenvalue weighted by Crippen LogP contribution is 2.26. The number of nitrogens with zero attached hydrogens (tertiary/aromatic N) is 2. The van der Waals surface area contributed by atoms with Crippen LogP contribution >= 0.6 is 15.9 Å². The zero-order valence-corrected chi connectivity index (χ0v) is 14.0. The summed E-state index contributed by atoms with van der Waals surface area (Å²) < 4.78 is 20.5. The molecule has 0 saturated carbocycles. The second kappa shape index (κ2) is 7.75. The standard InChI is InChI=1S/C17H14BrFN2O2/c1-21(10-2-9-20)17(22)12-3-8-16(15(19)11-12)23-14-6-4-13(18)5-7-14/h3-8,11H,2,10H2,1H3. The van der Waals surface area contributed by atoms with E-state index in [4.69, 9.17) is 10.00 Å². The molecule has 0 aliphatic carbocycles. The molecule has 23 heavy (non-hydrogen) atoms. The lowest BCUT2D eigenvalue weighted by molar-refractivity contribution is 0.0797. The molecule has 2 aromatic rings. The van der Waals surface area contributed by atoms with Crippen LogP contribution in [-0.4, -0.2) is 24.4 Å². The first-order chi connectivity index (χ1) is 11.0. The molecule has 2 rings (SSSR count). The predicted molar refractivity (Wildman–Crippen MR) is 87.8 cm³/mol. The van der Waals surface area contributed by atoms with Crippen LogP contribution in [0.2, 0.25) is 0 Å². The summed E-state index contributed by atoms with van der Waals surface area (Å²) in [5.74, 6) is -0.414. The number of ether oxygens (including phenoxy) is 1. The quantitative estimate of drug-likeness (QED) is 0.778. The van der Waals surface area contributed by atoms with Crippen molar-refractivity contribution in [3.05, 3.63) is 58.3 Å². The van der Waals surface area contributed by atoms with Gasteiger partial charge in [-0.2, -0.15) is 5.26 Å². The number of benzene rings is 2. The first kappa shape index (κ1) is 17.0. The topological polar surface area (TPSA) is 53.3 Å². The monoisotopic (exact) mass is 376 g/mol. The molecule has 0 fully saturated rings. The zero-order valence-electron chi connectivity index (χ0n) is 12.4. The molecule has 0 spiro atoms. The number of hydrogen-bond acceptors (Lipinski definition) is 3. The lowest BCUT2D eigenvalue weighted by atomic mass is 10.2. The van der Waals surface area contributed by atoms with E-state index < -0.39 is 5.82 Å². The van der Waals surface area contributed by atoms with Crippen LogP contribution < -0.4 is 4.74 Å². The van der Waals surface area contributed by atoms with Crippen molar-refractivity contribution in [2.45, 2.75) is 6.42 Å². The van der Waals surface area contributed by atoms with Crippen molar-refractivity contribution in [2.24, 2.45) is 0 Å². The fourth-order valence-corrected chi connectivity index (χ4v) is 2.15. The smallest absolute Gasteiger partial charge is 0.253 e. The van der Waals surface area contributed by atoms with Gasteiger partial charge in [-0.05, 0) is 42.5 Å². The molecular formula is C17H14BrFN2O2. The molecule has 0 unspecified atom stereocenters. The van der Waals surface area contributed by atoms with E-state index in [2.05, 4.69) is 15.9 Å². The Labute approximate surface area is 142 Å². The fraction of sp³-hybridized carbons (Fsp3) is 0.176. The summed E-state index contributed by atoms with van der Waals surface area (Å²) >= 11 is 3.31. The molecule has 6 heteroatoms. The van der Waals surface area contributed by atoms with Crippen LogP contribution in [0.5, 0.6) is 11.5 Å². The molecule has 1 amide bonds. The van der Waals surface area contributed by atoms with Crippen LogP contribution in [0.3, 0.4) is 0 Å². The molecule has 0 atom stereocenters. The maximum atomic E-state index is 14.1. The van der Waals surface area contributed by atoms with Crippen molar-refractivity contribution in [3.63, 3.8) is 0 Å². The minimum absolute atomic E-state index is 0.0450. The van der Waals surface area contributed by atoms with Crippen molar-refractivity contribution in [1.82, 2.24) is 4.90 Å².